The largest absolute Gasteiger partial charge is 0.393 e. The highest BCUT2D eigenvalue weighted by atomic mass is 16.3. The van der Waals surface area contributed by atoms with E-state index in [4.69, 9.17) is 0 Å². The van der Waals surface area contributed by atoms with Crippen molar-refractivity contribution < 1.29 is 9.90 Å². The fourth-order valence-electron chi connectivity index (χ4n) is 5.18. The number of ketones is 1. The van der Waals surface area contributed by atoms with Crippen LogP contribution in [0, 0.1) is 35.5 Å². The first-order valence-electron chi connectivity index (χ1n) is 5.48. The molecule has 0 amide bonds. The summed E-state index contributed by atoms with van der Waals surface area (Å²) in [5.74, 6) is 4.02. The lowest BCUT2D eigenvalue weighted by Crippen LogP contribution is -2.33. The van der Waals surface area contributed by atoms with Crippen molar-refractivity contribution >= 4 is 5.78 Å². The lowest BCUT2D eigenvalue weighted by molar-refractivity contribution is -0.126. The van der Waals surface area contributed by atoms with Crippen molar-refractivity contribution in [3.8, 4) is 0 Å². The minimum Gasteiger partial charge on any atom is -0.393 e. The third-order valence-electron chi connectivity index (χ3n) is 5.28. The minimum atomic E-state index is -0.140. The van der Waals surface area contributed by atoms with E-state index >= 15 is 0 Å². The molecule has 70 valence electrons. The molecule has 4 aliphatic carbocycles. The fourth-order valence-corrected chi connectivity index (χ4v) is 5.18. The molecule has 13 heavy (non-hydrogen) atoms. The number of hydrogen-bond donors (Lipinski definition) is 1. The van der Waals surface area contributed by atoms with E-state index in [9.17, 15) is 9.90 Å². The lowest BCUT2D eigenvalue weighted by atomic mass is 9.75. The predicted octanol–water partition coefficient (Wildman–Crippen LogP) is 0.838. The first-order valence-corrected chi connectivity index (χ1v) is 5.48. The SMILES string of the molecule is O=C1CC2C3CC4CC(O)C(C13)C42. The minimum absolute atomic E-state index is 0.140. The number of fused-ring (bicyclic) bond motifs is 1. The van der Waals surface area contributed by atoms with Crippen molar-refractivity contribution in [1.82, 2.24) is 0 Å². The molecule has 0 spiro atoms. The number of rotatable bonds is 0. The Bertz CT molecular complexity index is 298. The van der Waals surface area contributed by atoms with E-state index in [1.54, 1.807) is 0 Å². The van der Waals surface area contributed by atoms with Crippen molar-refractivity contribution in [3.05, 3.63) is 0 Å². The molecule has 0 aromatic rings. The number of carbonyl (C=O) groups is 1. The predicted molar refractivity (Wildman–Crippen MR) is 45.8 cm³/mol. The molecule has 7 atom stereocenters. The third kappa shape index (κ3) is 0.567. The number of Topliss-reactive ketones (excluding diaryl/α,β-unsaturated/α-hetero) is 1. The van der Waals surface area contributed by atoms with E-state index in [1.165, 1.54) is 6.42 Å². The van der Waals surface area contributed by atoms with Gasteiger partial charge < -0.3 is 5.11 Å². The Morgan fingerprint density at radius 3 is 2.77 bits per heavy atom. The maximum Gasteiger partial charge on any atom is 0.136 e. The van der Waals surface area contributed by atoms with Gasteiger partial charge in [0.1, 0.15) is 5.78 Å². The summed E-state index contributed by atoms with van der Waals surface area (Å²) >= 11 is 0. The molecule has 4 aliphatic rings. The summed E-state index contributed by atoms with van der Waals surface area (Å²) in [6, 6.07) is 0. The van der Waals surface area contributed by atoms with Crippen molar-refractivity contribution in [2.24, 2.45) is 35.5 Å². The highest BCUT2D eigenvalue weighted by Crippen LogP contribution is 2.69. The number of aliphatic hydroxyl groups is 1. The molecule has 4 bridgehead atoms. The van der Waals surface area contributed by atoms with E-state index in [1.807, 2.05) is 0 Å². The van der Waals surface area contributed by atoms with Crippen LogP contribution >= 0.6 is 0 Å². The maximum absolute atomic E-state index is 11.6. The van der Waals surface area contributed by atoms with Crippen molar-refractivity contribution in [2.45, 2.75) is 25.4 Å². The van der Waals surface area contributed by atoms with E-state index in [0.29, 0.717) is 23.5 Å². The van der Waals surface area contributed by atoms with Crippen LogP contribution in [0.4, 0.5) is 0 Å². The Hall–Kier alpha value is -0.370. The molecule has 1 N–H and O–H groups in total. The molecule has 0 aromatic carbocycles. The number of carbonyl (C=O) groups excluding carboxylic acids is 1. The van der Waals surface area contributed by atoms with Gasteiger partial charge in [0.2, 0.25) is 0 Å². The highest BCUT2D eigenvalue weighted by molar-refractivity contribution is 5.86. The molecule has 0 heterocycles. The van der Waals surface area contributed by atoms with Crippen LogP contribution in [0.3, 0.4) is 0 Å². The summed E-state index contributed by atoms with van der Waals surface area (Å²) in [5, 5.41) is 9.88. The first-order chi connectivity index (χ1) is 6.27. The van der Waals surface area contributed by atoms with Crippen LogP contribution in [0.1, 0.15) is 19.3 Å². The van der Waals surface area contributed by atoms with Crippen LogP contribution in [0.5, 0.6) is 0 Å². The second-order valence-corrected chi connectivity index (χ2v) is 5.48. The summed E-state index contributed by atoms with van der Waals surface area (Å²) in [6.07, 6.45) is 2.95. The van der Waals surface area contributed by atoms with Crippen LogP contribution in [0.15, 0.2) is 0 Å². The molecule has 0 saturated heterocycles. The van der Waals surface area contributed by atoms with Crippen molar-refractivity contribution in [1.29, 1.82) is 0 Å². The molecular formula is C11H14O2. The topological polar surface area (TPSA) is 37.3 Å². The monoisotopic (exact) mass is 178 g/mol. The van der Waals surface area contributed by atoms with E-state index in [0.717, 1.165) is 24.7 Å². The molecule has 0 radical (unpaired) electrons. The fraction of sp³-hybridized carbons (Fsp3) is 0.909. The first kappa shape index (κ1) is 6.99. The van der Waals surface area contributed by atoms with Gasteiger partial charge in [-0.2, -0.15) is 0 Å². The Morgan fingerprint density at radius 2 is 2.00 bits per heavy atom. The molecular weight excluding hydrogens is 164 g/mol. The van der Waals surface area contributed by atoms with Gasteiger partial charge in [-0.1, -0.05) is 0 Å². The quantitative estimate of drug-likeness (QED) is 0.596. The van der Waals surface area contributed by atoms with Gasteiger partial charge in [0.25, 0.3) is 0 Å². The molecule has 0 aromatic heterocycles. The van der Waals surface area contributed by atoms with E-state index < -0.39 is 0 Å². The highest BCUT2D eigenvalue weighted by Gasteiger charge is 2.69. The average Bonchev–Trinajstić information content (AvgIpc) is 2.69. The van der Waals surface area contributed by atoms with Crippen LogP contribution in [0.25, 0.3) is 0 Å². The van der Waals surface area contributed by atoms with Crippen molar-refractivity contribution in [2.75, 3.05) is 0 Å². The summed E-state index contributed by atoms with van der Waals surface area (Å²) in [5.41, 5.74) is 0. The van der Waals surface area contributed by atoms with Gasteiger partial charge in [0, 0.05) is 12.3 Å². The van der Waals surface area contributed by atoms with Gasteiger partial charge in [0.15, 0.2) is 0 Å². The third-order valence-corrected chi connectivity index (χ3v) is 5.28. The Morgan fingerprint density at radius 1 is 1.15 bits per heavy atom. The molecule has 4 saturated carbocycles. The zero-order valence-electron chi connectivity index (χ0n) is 7.52. The lowest BCUT2D eigenvalue weighted by Gasteiger charge is -2.29. The molecule has 7 unspecified atom stereocenters. The second kappa shape index (κ2) is 1.85. The van der Waals surface area contributed by atoms with Gasteiger partial charge in [0.05, 0.1) is 6.10 Å². The van der Waals surface area contributed by atoms with Gasteiger partial charge >= 0.3 is 0 Å². The van der Waals surface area contributed by atoms with Gasteiger partial charge in [-0.05, 0) is 42.4 Å². The van der Waals surface area contributed by atoms with Gasteiger partial charge in [-0.15, -0.1) is 0 Å². The van der Waals surface area contributed by atoms with Crippen molar-refractivity contribution in [3.63, 3.8) is 0 Å². The van der Waals surface area contributed by atoms with Crippen LogP contribution in [-0.2, 0) is 4.79 Å². The van der Waals surface area contributed by atoms with Gasteiger partial charge in [-0.3, -0.25) is 4.79 Å². The smallest absolute Gasteiger partial charge is 0.136 e. The maximum atomic E-state index is 11.6. The zero-order valence-corrected chi connectivity index (χ0v) is 7.52. The number of hydrogen-bond acceptors (Lipinski definition) is 2. The molecule has 4 rings (SSSR count). The average molecular weight is 178 g/mol. The molecule has 2 nitrogen and oxygen atoms in total. The van der Waals surface area contributed by atoms with Gasteiger partial charge in [-0.25, -0.2) is 0 Å². The zero-order chi connectivity index (χ0) is 8.74. The molecule has 4 fully saturated rings. The Balaban J connectivity index is 1.87. The van der Waals surface area contributed by atoms with Crippen LogP contribution < -0.4 is 0 Å². The van der Waals surface area contributed by atoms with Crippen LogP contribution in [0.2, 0.25) is 0 Å². The second-order valence-electron chi connectivity index (χ2n) is 5.48. The Labute approximate surface area is 77.3 Å². The summed E-state index contributed by atoms with van der Waals surface area (Å²) in [4.78, 5) is 11.6. The van der Waals surface area contributed by atoms with Crippen LogP contribution in [-0.4, -0.2) is 17.0 Å². The van der Waals surface area contributed by atoms with E-state index in [-0.39, 0.29) is 12.0 Å². The normalized spacial score (nSPS) is 66.8. The Kier molecular flexibility index (Phi) is 0.997. The summed E-state index contributed by atoms with van der Waals surface area (Å²) in [7, 11) is 0. The number of aliphatic hydroxyl groups excluding tert-OH is 1. The summed E-state index contributed by atoms with van der Waals surface area (Å²) < 4.78 is 0. The molecule has 2 heteroatoms. The molecule has 0 aliphatic heterocycles. The standard InChI is InChI=1S/C11H14O2/c12-7-2-4-1-5-6-3-8(13)10(5)11(7)9(4)6/h4-7,9-12H,1-3H2. The summed E-state index contributed by atoms with van der Waals surface area (Å²) in [6.45, 7) is 0. The van der Waals surface area contributed by atoms with E-state index in [2.05, 4.69) is 0 Å².